The van der Waals surface area contributed by atoms with E-state index in [1.54, 1.807) is 0 Å². The Morgan fingerprint density at radius 3 is 2.40 bits per heavy atom. The lowest BCUT2D eigenvalue weighted by Gasteiger charge is -2.26. The van der Waals surface area contributed by atoms with Crippen molar-refractivity contribution in [3.05, 3.63) is 29.8 Å². The summed E-state index contributed by atoms with van der Waals surface area (Å²) in [4.78, 5) is 12.3. The number of nitrogens with one attached hydrogen (secondary N) is 1. The summed E-state index contributed by atoms with van der Waals surface area (Å²) >= 11 is 0. The van der Waals surface area contributed by atoms with E-state index in [-0.39, 0.29) is 12.2 Å². The minimum atomic E-state index is -4.49. The van der Waals surface area contributed by atoms with E-state index in [0.29, 0.717) is 12.8 Å². The highest BCUT2D eigenvalue weighted by molar-refractivity contribution is 5.96. The fraction of sp³-hybridized carbons (Fsp3) is 0.500. The number of alkyl halides is 3. The molecule has 2 rings (SSSR count). The summed E-state index contributed by atoms with van der Waals surface area (Å²) in [5, 5.41) is 2.41. The van der Waals surface area contributed by atoms with Crippen LogP contribution in [-0.4, -0.2) is 12.5 Å². The third-order valence-corrected chi connectivity index (χ3v) is 3.91. The summed E-state index contributed by atoms with van der Waals surface area (Å²) in [6.07, 6.45) is -1.47. The predicted octanol–water partition coefficient (Wildman–Crippen LogP) is 3.16. The summed E-state index contributed by atoms with van der Waals surface area (Å²) in [5.41, 5.74) is 3.90. The molecule has 0 saturated heterocycles. The van der Waals surface area contributed by atoms with Crippen molar-refractivity contribution in [2.24, 2.45) is 11.1 Å². The summed E-state index contributed by atoms with van der Waals surface area (Å²) in [5.74, 6) is -0.408. The van der Waals surface area contributed by atoms with E-state index in [9.17, 15) is 18.0 Å². The van der Waals surface area contributed by atoms with Gasteiger partial charge in [0, 0.05) is 6.54 Å². The first kappa shape index (κ1) is 14.8. The van der Waals surface area contributed by atoms with Crippen molar-refractivity contribution in [2.75, 3.05) is 11.9 Å². The van der Waals surface area contributed by atoms with Crippen LogP contribution in [0.1, 0.15) is 31.2 Å². The first-order valence-corrected chi connectivity index (χ1v) is 6.57. The van der Waals surface area contributed by atoms with Gasteiger partial charge in [0.2, 0.25) is 5.91 Å². The van der Waals surface area contributed by atoms with Gasteiger partial charge in [-0.3, -0.25) is 4.79 Å². The van der Waals surface area contributed by atoms with Crippen molar-refractivity contribution < 1.29 is 18.0 Å². The molecule has 0 aliphatic heterocycles. The van der Waals surface area contributed by atoms with Gasteiger partial charge in [-0.05, 0) is 25.0 Å². The number of rotatable bonds is 3. The SMILES string of the molecule is NCC1(C(=O)Nc2ccccc2C(F)(F)F)CCCC1. The molecule has 1 fully saturated rings. The normalized spacial score (nSPS) is 18.0. The van der Waals surface area contributed by atoms with Crippen molar-refractivity contribution in [2.45, 2.75) is 31.9 Å². The van der Waals surface area contributed by atoms with Crippen LogP contribution in [0.25, 0.3) is 0 Å². The summed E-state index contributed by atoms with van der Waals surface area (Å²) < 4.78 is 38.6. The van der Waals surface area contributed by atoms with Gasteiger partial charge < -0.3 is 11.1 Å². The molecule has 3 nitrogen and oxygen atoms in total. The highest BCUT2D eigenvalue weighted by Gasteiger charge is 2.41. The Hall–Kier alpha value is -1.56. The van der Waals surface area contributed by atoms with Crippen LogP contribution >= 0.6 is 0 Å². The van der Waals surface area contributed by atoms with Gasteiger partial charge in [0.05, 0.1) is 16.7 Å². The summed E-state index contributed by atoms with van der Waals surface area (Å²) in [6, 6.07) is 4.99. The number of anilines is 1. The molecule has 1 saturated carbocycles. The first-order chi connectivity index (χ1) is 9.39. The van der Waals surface area contributed by atoms with Gasteiger partial charge in [0.1, 0.15) is 0 Å². The second-order valence-electron chi connectivity index (χ2n) is 5.19. The van der Waals surface area contributed by atoms with Crippen LogP contribution in [0.5, 0.6) is 0 Å². The number of hydrogen-bond acceptors (Lipinski definition) is 2. The molecule has 0 heterocycles. The molecule has 0 radical (unpaired) electrons. The lowest BCUT2D eigenvalue weighted by Crippen LogP contribution is -2.40. The molecule has 0 bridgehead atoms. The Morgan fingerprint density at radius 2 is 1.85 bits per heavy atom. The Balaban J connectivity index is 2.24. The second kappa shape index (κ2) is 5.44. The van der Waals surface area contributed by atoms with Gasteiger partial charge in [-0.15, -0.1) is 0 Å². The zero-order valence-corrected chi connectivity index (χ0v) is 11.0. The standard InChI is InChI=1S/C14H17F3N2O/c15-14(16,17)10-5-1-2-6-11(10)19-12(20)13(9-18)7-3-4-8-13/h1-2,5-6H,3-4,7-9,18H2,(H,19,20). The molecule has 1 aromatic rings. The Bertz CT molecular complexity index is 493. The lowest BCUT2D eigenvalue weighted by molar-refractivity contribution is -0.137. The van der Waals surface area contributed by atoms with Crippen molar-refractivity contribution in [3.8, 4) is 0 Å². The summed E-state index contributed by atoms with van der Waals surface area (Å²) in [7, 11) is 0. The average molecular weight is 286 g/mol. The topological polar surface area (TPSA) is 55.1 Å². The number of carbonyl (C=O) groups excluding carboxylic acids is 1. The van der Waals surface area contributed by atoms with E-state index in [2.05, 4.69) is 5.32 Å². The van der Waals surface area contributed by atoms with Gasteiger partial charge in [-0.25, -0.2) is 0 Å². The Labute approximate surface area is 115 Å². The maximum atomic E-state index is 12.9. The number of para-hydroxylation sites is 1. The molecule has 3 N–H and O–H groups in total. The van der Waals surface area contributed by atoms with E-state index < -0.39 is 23.1 Å². The van der Waals surface area contributed by atoms with Crippen molar-refractivity contribution >= 4 is 11.6 Å². The van der Waals surface area contributed by atoms with Crippen LogP contribution in [0.3, 0.4) is 0 Å². The smallest absolute Gasteiger partial charge is 0.329 e. The predicted molar refractivity (Wildman–Crippen MR) is 70.0 cm³/mol. The molecule has 0 aromatic heterocycles. The van der Waals surface area contributed by atoms with Crippen LogP contribution in [0.15, 0.2) is 24.3 Å². The minimum absolute atomic E-state index is 0.160. The molecule has 0 unspecified atom stereocenters. The number of hydrogen-bond donors (Lipinski definition) is 2. The Morgan fingerprint density at radius 1 is 1.25 bits per heavy atom. The van der Waals surface area contributed by atoms with Gasteiger partial charge in [-0.1, -0.05) is 25.0 Å². The first-order valence-electron chi connectivity index (χ1n) is 6.57. The van der Waals surface area contributed by atoms with Crippen molar-refractivity contribution in [1.82, 2.24) is 0 Å². The zero-order chi connectivity index (χ0) is 14.8. The van der Waals surface area contributed by atoms with Crippen molar-refractivity contribution in [1.29, 1.82) is 0 Å². The molecule has 20 heavy (non-hydrogen) atoms. The van der Waals surface area contributed by atoms with Gasteiger partial charge in [0.15, 0.2) is 0 Å². The monoisotopic (exact) mass is 286 g/mol. The van der Waals surface area contributed by atoms with E-state index in [1.165, 1.54) is 18.2 Å². The zero-order valence-electron chi connectivity index (χ0n) is 11.0. The summed E-state index contributed by atoms with van der Waals surface area (Å²) in [6.45, 7) is 0.160. The number of benzene rings is 1. The molecule has 110 valence electrons. The third kappa shape index (κ3) is 2.80. The molecule has 1 aliphatic rings. The van der Waals surface area contributed by atoms with E-state index >= 15 is 0 Å². The van der Waals surface area contributed by atoms with Gasteiger partial charge in [0.25, 0.3) is 0 Å². The minimum Gasteiger partial charge on any atom is -0.329 e. The van der Waals surface area contributed by atoms with E-state index in [1.807, 2.05) is 0 Å². The second-order valence-corrected chi connectivity index (χ2v) is 5.19. The van der Waals surface area contributed by atoms with Gasteiger partial charge in [-0.2, -0.15) is 13.2 Å². The fourth-order valence-electron chi connectivity index (χ4n) is 2.67. The molecule has 1 amide bonds. The fourth-order valence-corrected chi connectivity index (χ4v) is 2.67. The highest BCUT2D eigenvalue weighted by atomic mass is 19.4. The average Bonchev–Trinajstić information content (AvgIpc) is 2.88. The number of carbonyl (C=O) groups is 1. The number of halogens is 3. The van der Waals surface area contributed by atoms with Crippen molar-refractivity contribution in [3.63, 3.8) is 0 Å². The van der Waals surface area contributed by atoms with E-state index in [0.717, 1.165) is 18.9 Å². The molecule has 0 atom stereocenters. The molecule has 0 spiro atoms. The van der Waals surface area contributed by atoms with Gasteiger partial charge >= 0.3 is 6.18 Å². The molecular weight excluding hydrogens is 269 g/mol. The largest absolute Gasteiger partial charge is 0.418 e. The Kier molecular flexibility index (Phi) is 4.04. The van der Waals surface area contributed by atoms with Crippen LogP contribution in [-0.2, 0) is 11.0 Å². The number of amides is 1. The highest BCUT2D eigenvalue weighted by Crippen LogP contribution is 2.40. The van der Waals surface area contributed by atoms with Crippen LogP contribution in [0.2, 0.25) is 0 Å². The third-order valence-electron chi connectivity index (χ3n) is 3.91. The van der Waals surface area contributed by atoms with E-state index in [4.69, 9.17) is 5.73 Å². The lowest BCUT2D eigenvalue weighted by atomic mass is 9.85. The molecular formula is C14H17F3N2O. The molecule has 1 aliphatic carbocycles. The maximum absolute atomic E-state index is 12.9. The van der Waals surface area contributed by atoms with Crippen LogP contribution in [0.4, 0.5) is 18.9 Å². The molecule has 6 heteroatoms. The molecule has 1 aromatic carbocycles. The van der Waals surface area contributed by atoms with Crippen LogP contribution < -0.4 is 11.1 Å². The number of nitrogens with two attached hydrogens (primary N) is 1. The maximum Gasteiger partial charge on any atom is 0.418 e. The van der Waals surface area contributed by atoms with Crippen LogP contribution in [0, 0.1) is 5.41 Å². The quantitative estimate of drug-likeness (QED) is 0.896.